The Morgan fingerprint density at radius 3 is 2.66 bits per heavy atom. The number of tetrazole rings is 1. The number of benzene rings is 1. The molecule has 1 amide bonds. The molecule has 18 heteroatoms. The summed E-state index contributed by atoms with van der Waals surface area (Å²) >= 11 is 1.15. The minimum Gasteiger partial charge on any atom is -0.480 e. The summed E-state index contributed by atoms with van der Waals surface area (Å²) in [5, 5.41) is 29.8. The molecule has 0 fully saturated rings. The van der Waals surface area contributed by atoms with Gasteiger partial charge in [-0.05, 0) is 48.4 Å². The lowest BCUT2D eigenvalue weighted by atomic mass is 9.98. The molecule has 1 aromatic carbocycles. The van der Waals surface area contributed by atoms with Crippen LogP contribution in [-0.4, -0.2) is 69.4 Å². The van der Waals surface area contributed by atoms with Crippen LogP contribution in [0.5, 0.6) is 0 Å². The Morgan fingerprint density at radius 1 is 1.05 bits per heavy atom. The van der Waals surface area contributed by atoms with Crippen LogP contribution in [0.25, 0.3) is 22.6 Å². The van der Waals surface area contributed by atoms with Crippen molar-refractivity contribution in [3.8, 4) is 11.4 Å². The fourth-order valence-electron chi connectivity index (χ4n) is 4.32. The number of carbonyl (C=O) groups excluding carboxylic acids is 2. The van der Waals surface area contributed by atoms with Gasteiger partial charge in [-0.25, -0.2) is 14.8 Å². The van der Waals surface area contributed by atoms with Crippen LogP contribution in [0.4, 0.5) is 22.5 Å². The van der Waals surface area contributed by atoms with E-state index in [9.17, 15) is 19.5 Å². The Balaban J connectivity index is 1.12. The lowest BCUT2D eigenvalue weighted by molar-refractivity contribution is -0.139. The number of carbonyl (C=O) groups is 3. The number of aliphatic carboxylic acids is 1. The van der Waals surface area contributed by atoms with E-state index in [0.29, 0.717) is 50.7 Å². The highest BCUT2D eigenvalue weighted by Gasteiger charge is 2.22. The SMILES string of the molecule is Nc1ccc(C(=O)CCCC[C@H](NC(=O)c2ccc(NCc3cnc4nc(N)nc(N)c4n3)s2)C(=O)O)c(-c2nn[nH]n2)c1. The monoisotopic (exact) mass is 617 g/mol. The molecule has 0 unspecified atom stereocenters. The maximum Gasteiger partial charge on any atom is 0.326 e. The number of hydrogen-bond acceptors (Lipinski definition) is 15. The number of carboxylic acid groups (broad SMARTS) is 1. The summed E-state index contributed by atoms with van der Waals surface area (Å²) in [5.74, 6) is -1.49. The molecule has 0 saturated heterocycles. The maximum absolute atomic E-state index is 12.9. The van der Waals surface area contributed by atoms with E-state index in [1.54, 1.807) is 30.3 Å². The fourth-order valence-corrected chi connectivity index (χ4v) is 5.13. The molecular weight excluding hydrogens is 590 g/mol. The van der Waals surface area contributed by atoms with Gasteiger partial charge in [-0.1, -0.05) is 6.42 Å². The van der Waals surface area contributed by atoms with Crippen molar-refractivity contribution in [3.63, 3.8) is 0 Å². The van der Waals surface area contributed by atoms with E-state index in [-0.39, 0.29) is 48.4 Å². The van der Waals surface area contributed by atoms with E-state index in [2.05, 4.69) is 51.2 Å². The van der Waals surface area contributed by atoms with Crippen molar-refractivity contribution in [1.82, 2.24) is 45.9 Å². The third-order valence-corrected chi connectivity index (χ3v) is 7.50. The number of thiophene rings is 1. The van der Waals surface area contributed by atoms with Crippen molar-refractivity contribution in [2.75, 3.05) is 22.5 Å². The molecule has 0 aliphatic heterocycles. The highest BCUT2D eigenvalue weighted by molar-refractivity contribution is 7.17. The van der Waals surface area contributed by atoms with Crippen molar-refractivity contribution >= 4 is 62.6 Å². The van der Waals surface area contributed by atoms with Gasteiger partial charge >= 0.3 is 5.97 Å². The number of ketones is 1. The molecule has 0 saturated carbocycles. The second-order valence-electron chi connectivity index (χ2n) is 9.59. The van der Waals surface area contributed by atoms with Gasteiger partial charge < -0.3 is 32.9 Å². The topological polar surface area (TPSA) is 280 Å². The molecule has 4 heterocycles. The third-order valence-electron chi connectivity index (χ3n) is 6.46. The smallest absolute Gasteiger partial charge is 0.326 e. The standard InChI is InChI=1S/C26H27N13O4S/c27-12-5-6-14(15(9-12)22-36-38-39-37-22)17(40)4-2-1-3-16(25(42)43)33-24(41)18-7-8-19(44-18)30-10-13-11-31-23-20(32-13)21(28)34-26(29)35-23/h5-9,11,16,30H,1-4,10,27H2,(H,33,41)(H,42,43)(H,36,37,38,39)(H4,28,29,31,34,35)/t16-/m0/s1. The molecule has 0 aliphatic carbocycles. The fraction of sp³-hybridized carbons (Fsp3) is 0.231. The van der Waals surface area contributed by atoms with Crippen LogP contribution in [0.1, 0.15) is 51.4 Å². The number of hydrogen-bond donors (Lipinski definition) is 7. The first-order valence-electron chi connectivity index (χ1n) is 13.3. The molecule has 226 valence electrons. The average Bonchev–Trinajstić information content (AvgIpc) is 3.70. The predicted octanol–water partition coefficient (Wildman–Crippen LogP) is 1.65. The number of nitrogen functional groups attached to an aromatic ring is 3. The van der Waals surface area contributed by atoms with E-state index in [0.717, 1.165) is 11.3 Å². The van der Waals surface area contributed by atoms with E-state index in [1.165, 1.54) is 6.20 Å². The van der Waals surface area contributed by atoms with Crippen LogP contribution < -0.4 is 27.8 Å². The number of rotatable bonds is 13. The van der Waals surface area contributed by atoms with Gasteiger partial charge in [0.1, 0.15) is 6.04 Å². The molecule has 0 aliphatic rings. The van der Waals surface area contributed by atoms with Crippen LogP contribution in [0.15, 0.2) is 36.5 Å². The van der Waals surface area contributed by atoms with Crippen LogP contribution in [0, 0.1) is 0 Å². The average molecular weight is 618 g/mol. The molecule has 5 aromatic rings. The number of aromatic amines is 1. The summed E-state index contributed by atoms with van der Waals surface area (Å²) in [5.41, 5.74) is 19.8. The zero-order valence-electron chi connectivity index (χ0n) is 23.0. The van der Waals surface area contributed by atoms with Crippen molar-refractivity contribution < 1.29 is 19.5 Å². The van der Waals surface area contributed by atoms with Gasteiger partial charge in [-0.2, -0.15) is 15.2 Å². The van der Waals surface area contributed by atoms with E-state index in [1.807, 2.05) is 0 Å². The van der Waals surface area contributed by atoms with Gasteiger partial charge in [0, 0.05) is 23.2 Å². The number of H-pyrrole nitrogens is 1. The molecule has 5 rings (SSSR count). The second kappa shape index (κ2) is 13.0. The van der Waals surface area contributed by atoms with Crippen molar-refractivity contribution in [2.24, 2.45) is 0 Å². The molecule has 0 radical (unpaired) electrons. The third kappa shape index (κ3) is 6.98. The van der Waals surface area contributed by atoms with Gasteiger partial charge in [0.15, 0.2) is 22.8 Å². The van der Waals surface area contributed by atoms with Gasteiger partial charge in [-0.3, -0.25) is 9.59 Å². The number of fused-ring (bicyclic) bond motifs is 1. The summed E-state index contributed by atoms with van der Waals surface area (Å²) in [6, 6.07) is 6.97. The quantitative estimate of drug-likeness (QED) is 0.0561. The minimum absolute atomic E-state index is 0.00507. The summed E-state index contributed by atoms with van der Waals surface area (Å²) in [7, 11) is 0. The zero-order chi connectivity index (χ0) is 31.2. The Hall–Kier alpha value is -5.78. The summed E-state index contributed by atoms with van der Waals surface area (Å²) in [6.45, 7) is 0.276. The Morgan fingerprint density at radius 2 is 1.89 bits per heavy atom. The normalized spacial score (nSPS) is 11.7. The number of anilines is 4. The number of nitrogens with two attached hydrogens (primary N) is 3. The molecule has 0 spiro atoms. The number of Topliss-reactive ketones (excluding diaryl/α,β-unsaturated/α-hetero) is 1. The zero-order valence-corrected chi connectivity index (χ0v) is 23.8. The summed E-state index contributed by atoms with van der Waals surface area (Å²) in [6.07, 6.45) is 2.62. The first-order chi connectivity index (χ1) is 21.2. The molecule has 10 N–H and O–H groups in total. The molecule has 44 heavy (non-hydrogen) atoms. The van der Waals surface area contributed by atoms with Gasteiger partial charge in [0.25, 0.3) is 5.91 Å². The van der Waals surface area contributed by atoms with E-state index < -0.39 is 17.9 Å². The van der Waals surface area contributed by atoms with Crippen molar-refractivity contribution in [1.29, 1.82) is 0 Å². The van der Waals surface area contributed by atoms with Gasteiger partial charge in [-0.15, -0.1) is 21.5 Å². The number of aromatic nitrogens is 8. The number of nitrogens with one attached hydrogen (secondary N) is 3. The van der Waals surface area contributed by atoms with Gasteiger partial charge in [0.05, 0.1) is 28.3 Å². The predicted molar refractivity (Wildman–Crippen MR) is 161 cm³/mol. The number of carboxylic acids is 1. The molecule has 0 bridgehead atoms. The number of nitrogens with zero attached hydrogens (tertiary/aromatic N) is 7. The van der Waals surface area contributed by atoms with E-state index >= 15 is 0 Å². The largest absolute Gasteiger partial charge is 0.480 e. The lowest BCUT2D eigenvalue weighted by Crippen LogP contribution is -2.40. The molecule has 17 nitrogen and oxygen atoms in total. The first kappa shape index (κ1) is 29.7. The Bertz CT molecular complexity index is 1830. The maximum atomic E-state index is 12.9. The van der Waals surface area contributed by atoms with Crippen LogP contribution in [-0.2, 0) is 11.3 Å². The Labute approximate surface area is 252 Å². The van der Waals surface area contributed by atoms with Crippen LogP contribution in [0.2, 0.25) is 0 Å². The van der Waals surface area contributed by atoms with Crippen LogP contribution in [0.3, 0.4) is 0 Å². The Kier molecular flexibility index (Phi) is 8.80. The van der Waals surface area contributed by atoms with Crippen molar-refractivity contribution in [2.45, 2.75) is 38.3 Å². The highest BCUT2D eigenvalue weighted by Crippen LogP contribution is 2.25. The second-order valence-corrected chi connectivity index (χ2v) is 10.7. The van der Waals surface area contributed by atoms with Gasteiger partial charge in [0.2, 0.25) is 11.8 Å². The molecular formula is C26H27N13O4S. The summed E-state index contributed by atoms with van der Waals surface area (Å²) in [4.78, 5) is 54.4. The lowest BCUT2D eigenvalue weighted by Gasteiger charge is -2.14. The molecule has 1 atom stereocenters. The molecule has 4 aromatic heterocycles. The first-order valence-corrected chi connectivity index (χ1v) is 14.1. The van der Waals surface area contributed by atoms with E-state index in [4.69, 9.17) is 17.2 Å². The minimum atomic E-state index is -1.17. The number of unbranched alkanes of at least 4 members (excludes halogenated alkanes) is 1. The highest BCUT2D eigenvalue weighted by atomic mass is 32.1. The summed E-state index contributed by atoms with van der Waals surface area (Å²) < 4.78 is 0. The number of amides is 1. The van der Waals surface area contributed by atoms with Crippen LogP contribution >= 0.6 is 11.3 Å². The van der Waals surface area contributed by atoms with Crippen molar-refractivity contribution in [3.05, 3.63) is 52.7 Å².